The first-order valence-electron chi connectivity index (χ1n) is 18.1. The zero-order valence-electron chi connectivity index (χ0n) is 31.1. The number of benzene rings is 2. The van der Waals surface area contributed by atoms with E-state index in [0.717, 1.165) is 59.1 Å². The molecule has 0 aliphatic carbocycles. The fourth-order valence-electron chi connectivity index (χ4n) is 7.04. The van der Waals surface area contributed by atoms with Crippen LogP contribution in [0.1, 0.15) is 80.8 Å². The molecule has 4 N–H and O–H groups in total. The number of likely N-dealkylation sites (tertiary alicyclic amines) is 2. The van der Waals surface area contributed by atoms with Crippen molar-refractivity contribution < 1.29 is 33.4 Å². The number of rotatable bonds is 10. The Hall–Kier alpha value is -5.88. The Morgan fingerprint density at radius 3 is 2.15 bits per heavy atom. The Morgan fingerprint density at radius 2 is 1.48 bits per heavy atom. The van der Waals surface area contributed by atoms with Gasteiger partial charge in [0.15, 0.2) is 0 Å². The summed E-state index contributed by atoms with van der Waals surface area (Å²) in [6.45, 7) is 4.70. The van der Waals surface area contributed by atoms with E-state index in [9.17, 15) is 19.2 Å². The second kappa shape index (κ2) is 16.9. The van der Waals surface area contributed by atoms with Gasteiger partial charge in [-0.1, -0.05) is 30.9 Å². The fourth-order valence-corrected chi connectivity index (χ4v) is 7.04. The molecule has 4 aromatic rings. The number of aromatic amines is 2. The molecular formula is C39H46N8O7. The summed E-state index contributed by atoms with van der Waals surface area (Å²) in [5.41, 5.74) is 4.97. The molecule has 4 amide bonds. The number of nitrogens with zero attached hydrogens (tertiary/aromatic N) is 4. The standard InChI is InChI=1S/C39H46N8O7/c1-6-27(44-38(50)53-4)36(48)46-19-7-9-31(46)34-40-22-30(43-34)26-16-13-24(14-17-26)11-12-25-15-18-28-29(21-25)42-35(41-28)32-10-8-20-47(32)37(49)33(23(2)52-3)45-39(51)54-5/h13-18,21-23,27,31-33H,6-10,19-20H2,1-5H3,(H,40,43)(H,41,42)(H,44,50)(H,45,51)/t23-,27+,31+,32+,33+/m1/s1. The Kier molecular flexibility index (Phi) is 11.8. The number of alkyl carbamates (subject to hydrolysis) is 2. The van der Waals surface area contributed by atoms with Gasteiger partial charge in [0.05, 0.1) is 55.3 Å². The number of fused-ring (bicyclic) bond motifs is 1. The summed E-state index contributed by atoms with van der Waals surface area (Å²) in [6, 6.07) is 11.6. The number of hydrogen-bond donors (Lipinski definition) is 4. The number of ether oxygens (including phenoxy) is 3. The predicted molar refractivity (Wildman–Crippen MR) is 199 cm³/mol. The van der Waals surface area contributed by atoms with Gasteiger partial charge in [-0.3, -0.25) is 9.59 Å². The van der Waals surface area contributed by atoms with Crippen molar-refractivity contribution >= 4 is 35.0 Å². The smallest absolute Gasteiger partial charge is 0.407 e. The Labute approximate surface area is 313 Å². The van der Waals surface area contributed by atoms with Crippen molar-refractivity contribution in [3.05, 3.63) is 71.4 Å². The molecule has 0 radical (unpaired) electrons. The van der Waals surface area contributed by atoms with Gasteiger partial charge in [0.2, 0.25) is 11.8 Å². The van der Waals surface area contributed by atoms with E-state index in [-0.39, 0.29) is 23.9 Å². The van der Waals surface area contributed by atoms with Gasteiger partial charge in [-0.05, 0) is 74.9 Å². The molecule has 0 unspecified atom stereocenters. The van der Waals surface area contributed by atoms with Crippen LogP contribution < -0.4 is 10.6 Å². The highest BCUT2D eigenvalue weighted by molar-refractivity contribution is 5.87. The van der Waals surface area contributed by atoms with Crippen LogP contribution in [0.25, 0.3) is 22.3 Å². The van der Waals surface area contributed by atoms with Gasteiger partial charge in [0.1, 0.15) is 23.7 Å². The number of nitrogens with one attached hydrogen (secondary N) is 4. The lowest BCUT2D eigenvalue weighted by Gasteiger charge is -2.30. The van der Waals surface area contributed by atoms with Crippen LogP contribution in [0.3, 0.4) is 0 Å². The van der Waals surface area contributed by atoms with Crippen LogP contribution in [0.4, 0.5) is 9.59 Å². The van der Waals surface area contributed by atoms with Crippen LogP contribution >= 0.6 is 0 Å². The van der Waals surface area contributed by atoms with E-state index in [1.807, 2.05) is 49.4 Å². The maximum Gasteiger partial charge on any atom is 0.407 e. The number of carbonyl (C=O) groups excluding carboxylic acids is 4. The zero-order chi connectivity index (χ0) is 38.4. The minimum absolute atomic E-state index is 0.150. The number of methoxy groups -OCH3 is 3. The highest BCUT2D eigenvalue weighted by Crippen LogP contribution is 2.34. The van der Waals surface area contributed by atoms with E-state index in [1.54, 1.807) is 22.9 Å². The van der Waals surface area contributed by atoms with Crippen LogP contribution in [-0.4, -0.2) is 106 Å². The SMILES string of the molecule is CC[C@H](NC(=O)OC)C(=O)N1CCC[C@H]1c1ncc(-c2ccc(C#Cc3ccc4nc([C@@H]5CCCN5C(=O)[C@@H](NC(=O)OC)[C@@H](C)OC)[nH]c4c3)cc2)[nH]1. The first-order chi connectivity index (χ1) is 26.1. The number of imidazole rings is 2. The maximum absolute atomic E-state index is 13.6. The van der Waals surface area contributed by atoms with Gasteiger partial charge < -0.3 is 44.6 Å². The Balaban J connectivity index is 1.12. The second-order valence-electron chi connectivity index (χ2n) is 13.4. The van der Waals surface area contributed by atoms with Gasteiger partial charge >= 0.3 is 12.2 Å². The third kappa shape index (κ3) is 8.18. The van der Waals surface area contributed by atoms with Gasteiger partial charge in [-0.15, -0.1) is 0 Å². The quantitative estimate of drug-likeness (QED) is 0.169. The molecule has 2 saturated heterocycles. The van der Waals surface area contributed by atoms with Crippen LogP contribution in [0, 0.1) is 11.8 Å². The topological polar surface area (TPSA) is 184 Å². The van der Waals surface area contributed by atoms with E-state index >= 15 is 0 Å². The second-order valence-corrected chi connectivity index (χ2v) is 13.4. The summed E-state index contributed by atoms with van der Waals surface area (Å²) in [6.07, 6.45) is 3.48. The van der Waals surface area contributed by atoms with Gasteiger partial charge in [-0.2, -0.15) is 0 Å². The molecule has 2 aliphatic heterocycles. The van der Waals surface area contributed by atoms with Gasteiger partial charge in [0.25, 0.3) is 0 Å². The van der Waals surface area contributed by atoms with Crippen LogP contribution in [0.5, 0.6) is 0 Å². The molecule has 2 aromatic heterocycles. The minimum atomic E-state index is -0.904. The summed E-state index contributed by atoms with van der Waals surface area (Å²) >= 11 is 0. The van der Waals surface area contributed by atoms with Crippen molar-refractivity contribution in [3.63, 3.8) is 0 Å². The van der Waals surface area contributed by atoms with E-state index < -0.39 is 30.4 Å². The van der Waals surface area contributed by atoms with Crippen molar-refractivity contribution in [2.45, 2.75) is 76.2 Å². The third-order valence-corrected chi connectivity index (χ3v) is 10.1. The first kappa shape index (κ1) is 37.9. The molecule has 15 heteroatoms. The largest absolute Gasteiger partial charge is 0.453 e. The van der Waals surface area contributed by atoms with E-state index in [2.05, 4.69) is 37.4 Å². The van der Waals surface area contributed by atoms with Gasteiger partial charge in [0, 0.05) is 31.3 Å². The summed E-state index contributed by atoms with van der Waals surface area (Å²) in [4.78, 5) is 70.4. The normalized spacial score (nSPS) is 18.4. The van der Waals surface area contributed by atoms with Crippen molar-refractivity contribution in [3.8, 4) is 23.1 Å². The van der Waals surface area contributed by atoms with Crippen molar-refractivity contribution in [1.82, 2.24) is 40.4 Å². The molecule has 0 saturated carbocycles. The van der Waals surface area contributed by atoms with Crippen molar-refractivity contribution in [1.29, 1.82) is 0 Å². The molecular weight excluding hydrogens is 692 g/mol. The monoisotopic (exact) mass is 738 g/mol. The number of H-pyrrole nitrogens is 2. The number of hydrogen-bond acceptors (Lipinski definition) is 9. The molecule has 6 rings (SSSR count). The first-order valence-corrected chi connectivity index (χ1v) is 18.1. The average molecular weight is 739 g/mol. The molecule has 2 aromatic carbocycles. The molecule has 5 atom stereocenters. The van der Waals surface area contributed by atoms with Crippen LogP contribution in [0.2, 0.25) is 0 Å². The Bertz CT molecular complexity index is 2050. The van der Waals surface area contributed by atoms with E-state index in [0.29, 0.717) is 31.2 Å². The lowest BCUT2D eigenvalue weighted by atomic mass is 10.1. The molecule has 0 bridgehead atoms. The fraction of sp³-hybridized carbons (Fsp3) is 0.436. The average Bonchev–Trinajstić information content (AvgIpc) is 4.03. The molecule has 0 spiro atoms. The molecule has 54 heavy (non-hydrogen) atoms. The van der Waals surface area contributed by atoms with E-state index in [4.69, 9.17) is 19.2 Å². The van der Waals surface area contributed by atoms with E-state index in [1.165, 1.54) is 21.3 Å². The molecule has 284 valence electrons. The lowest BCUT2D eigenvalue weighted by Crippen LogP contribution is -2.54. The third-order valence-electron chi connectivity index (χ3n) is 10.1. The number of amides is 4. The highest BCUT2D eigenvalue weighted by atomic mass is 16.5. The summed E-state index contributed by atoms with van der Waals surface area (Å²) < 4.78 is 14.8. The zero-order valence-corrected chi connectivity index (χ0v) is 31.1. The minimum Gasteiger partial charge on any atom is -0.453 e. The van der Waals surface area contributed by atoms with Crippen LogP contribution in [0.15, 0.2) is 48.7 Å². The summed E-state index contributed by atoms with van der Waals surface area (Å²) in [5.74, 6) is 7.45. The molecule has 2 fully saturated rings. The highest BCUT2D eigenvalue weighted by Gasteiger charge is 2.39. The molecule has 4 heterocycles. The van der Waals surface area contributed by atoms with Crippen molar-refractivity contribution in [2.24, 2.45) is 0 Å². The van der Waals surface area contributed by atoms with Gasteiger partial charge in [-0.25, -0.2) is 19.6 Å². The molecule has 15 nitrogen and oxygen atoms in total. The number of aromatic nitrogens is 4. The van der Waals surface area contributed by atoms with Crippen LogP contribution in [-0.2, 0) is 23.8 Å². The number of carbonyl (C=O) groups is 4. The predicted octanol–water partition coefficient (Wildman–Crippen LogP) is 4.57. The Morgan fingerprint density at radius 1 is 0.852 bits per heavy atom. The maximum atomic E-state index is 13.6. The van der Waals surface area contributed by atoms with Crippen molar-refractivity contribution in [2.75, 3.05) is 34.4 Å². The summed E-state index contributed by atoms with van der Waals surface area (Å²) in [7, 11) is 4.02. The molecule has 2 aliphatic rings. The summed E-state index contributed by atoms with van der Waals surface area (Å²) in [5, 5.41) is 5.25. The lowest BCUT2D eigenvalue weighted by molar-refractivity contribution is -0.137.